The van der Waals surface area contributed by atoms with Gasteiger partial charge in [-0.15, -0.1) is 0 Å². The van der Waals surface area contributed by atoms with E-state index in [2.05, 4.69) is 106 Å². The second kappa shape index (κ2) is 10.4. The molecule has 48 heavy (non-hydrogen) atoms. The molecular weight excluding hydrogens is 589 g/mol. The van der Waals surface area contributed by atoms with Crippen LogP contribution in [-0.2, 0) is 0 Å². The normalized spacial score (nSPS) is 11.8. The molecule has 10 rings (SSSR count). The Morgan fingerprint density at radius 1 is 0.375 bits per heavy atom. The van der Waals surface area contributed by atoms with Gasteiger partial charge in [0.1, 0.15) is 5.65 Å². The van der Waals surface area contributed by atoms with Crippen molar-refractivity contribution >= 4 is 49.4 Å². The molecule has 4 heterocycles. The van der Waals surface area contributed by atoms with Crippen LogP contribution >= 0.6 is 0 Å². The molecule has 0 saturated carbocycles. The summed E-state index contributed by atoms with van der Waals surface area (Å²) in [5.74, 6) is 1.90. The Hall–Kier alpha value is -6.66. The zero-order valence-electron chi connectivity index (χ0n) is 25.7. The number of nitrogens with zero attached hydrogens (tertiary/aromatic N) is 6. The second-order valence-electron chi connectivity index (χ2n) is 11.9. The molecule has 6 nitrogen and oxygen atoms in total. The van der Waals surface area contributed by atoms with Crippen LogP contribution in [0, 0.1) is 0 Å². The summed E-state index contributed by atoms with van der Waals surface area (Å²) in [6.45, 7) is 0. The van der Waals surface area contributed by atoms with Crippen LogP contribution in [0.2, 0.25) is 0 Å². The van der Waals surface area contributed by atoms with Crippen LogP contribution in [0.3, 0.4) is 0 Å². The van der Waals surface area contributed by atoms with E-state index < -0.39 is 0 Å². The minimum Gasteiger partial charge on any atom is -0.307 e. The van der Waals surface area contributed by atoms with Crippen LogP contribution in [0.5, 0.6) is 0 Å². The van der Waals surface area contributed by atoms with Gasteiger partial charge >= 0.3 is 0 Å². The van der Waals surface area contributed by atoms with Gasteiger partial charge in [-0.1, -0.05) is 127 Å². The van der Waals surface area contributed by atoms with Crippen LogP contribution in [0.25, 0.3) is 89.2 Å². The number of aromatic nitrogens is 6. The number of benzene rings is 6. The fourth-order valence-corrected chi connectivity index (χ4v) is 7.00. The van der Waals surface area contributed by atoms with Crippen molar-refractivity contribution in [3.63, 3.8) is 0 Å². The quantitative estimate of drug-likeness (QED) is 0.198. The molecule has 6 heteroatoms. The van der Waals surface area contributed by atoms with E-state index >= 15 is 0 Å². The summed E-state index contributed by atoms with van der Waals surface area (Å²) < 4.78 is 4.71. The van der Waals surface area contributed by atoms with Gasteiger partial charge in [0.2, 0.25) is 0 Å². The first kappa shape index (κ1) is 26.5. The third-order valence-corrected chi connectivity index (χ3v) is 9.12. The Morgan fingerprint density at radius 2 is 0.917 bits per heavy atom. The van der Waals surface area contributed by atoms with Crippen molar-refractivity contribution in [3.05, 3.63) is 158 Å². The zero-order chi connectivity index (χ0) is 31.6. The molecule has 0 N–H and O–H groups in total. The highest BCUT2D eigenvalue weighted by atomic mass is 15.1. The maximum atomic E-state index is 5.13. The third-order valence-electron chi connectivity index (χ3n) is 9.12. The van der Waals surface area contributed by atoms with Gasteiger partial charge in [0.05, 0.1) is 27.6 Å². The number of fused-ring (bicyclic) bond motifs is 10. The first-order chi connectivity index (χ1) is 23.8. The number of pyridine rings is 1. The number of hydrogen-bond donors (Lipinski definition) is 0. The van der Waals surface area contributed by atoms with Crippen LogP contribution in [0.15, 0.2) is 158 Å². The van der Waals surface area contributed by atoms with E-state index in [0.29, 0.717) is 17.5 Å². The molecule has 0 bridgehead atoms. The molecule has 0 fully saturated rings. The topological polar surface area (TPSA) is 60.9 Å². The molecule has 0 aliphatic carbocycles. The zero-order valence-corrected chi connectivity index (χ0v) is 25.7. The van der Waals surface area contributed by atoms with Gasteiger partial charge in [0, 0.05) is 38.5 Å². The molecular formula is C42H26N6. The largest absolute Gasteiger partial charge is 0.307 e. The molecule has 0 radical (unpaired) electrons. The lowest BCUT2D eigenvalue weighted by Gasteiger charge is -2.13. The summed E-state index contributed by atoms with van der Waals surface area (Å²) in [7, 11) is 0. The third kappa shape index (κ3) is 3.99. The van der Waals surface area contributed by atoms with E-state index in [1.165, 1.54) is 0 Å². The average Bonchev–Trinajstić information content (AvgIpc) is 3.72. The maximum Gasteiger partial charge on any atom is 0.164 e. The molecule has 6 aromatic carbocycles. The second-order valence-corrected chi connectivity index (χ2v) is 11.9. The van der Waals surface area contributed by atoms with Crippen molar-refractivity contribution in [1.82, 2.24) is 28.9 Å². The highest BCUT2D eigenvalue weighted by molar-refractivity contribution is 6.21. The van der Waals surface area contributed by atoms with Crippen LogP contribution in [0.4, 0.5) is 0 Å². The van der Waals surface area contributed by atoms with Crippen molar-refractivity contribution in [2.75, 3.05) is 0 Å². The summed E-state index contributed by atoms with van der Waals surface area (Å²) in [6.07, 6.45) is 0. The first-order valence-corrected chi connectivity index (χ1v) is 16.0. The molecule has 4 aromatic heterocycles. The first-order valence-electron chi connectivity index (χ1n) is 16.0. The Bertz CT molecular complexity index is 2780. The fourth-order valence-electron chi connectivity index (χ4n) is 7.00. The van der Waals surface area contributed by atoms with E-state index in [9.17, 15) is 0 Å². The summed E-state index contributed by atoms with van der Waals surface area (Å²) in [6, 6.07) is 54.3. The van der Waals surface area contributed by atoms with Gasteiger partial charge in [-0.2, -0.15) is 0 Å². The molecule has 0 unspecified atom stereocenters. The van der Waals surface area contributed by atoms with E-state index in [0.717, 1.165) is 71.8 Å². The van der Waals surface area contributed by atoms with Gasteiger partial charge in [-0.3, -0.25) is 4.40 Å². The summed E-state index contributed by atoms with van der Waals surface area (Å²) in [5, 5.41) is 3.42. The predicted octanol–water partition coefficient (Wildman–Crippen LogP) is 9.92. The molecule has 0 aliphatic rings. The fraction of sp³-hybridized carbons (Fsp3) is 0. The summed E-state index contributed by atoms with van der Waals surface area (Å²) in [4.78, 5) is 20.1. The maximum absolute atomic E-state index is 5.13. The van der Waals surface area contributed by atoms with Crippen molar-refractivity contribution < 1.29 is 0 Å². The highest BCUT2D eigenvalue weighted by Gasteiger charge is 2.22. The molecule has 0 spiro atoms. The number of para-hydroxylation sites is 3. The average molecular weight is 615 g/mol. The SMILES string of the molecule is c1ccc(-c2nc(-c3ccccc3)nc(-c3cccc(-n4c5ccccc5c5c4c4ccccc4c4nc6ccccc6n45)c3)n2)cc1. The number of imidazole rings is 1. The van der Waals surface area contributed by atoms with Gasteiger partial charge in [0.25, 0.3) is 0 Å². The summed E-state index contributed by atoms with van der Waals surface area (Å²) in [5.41, 5.74) is 10.2. The Labute approximate surface area is 275 Å². The van der Waals surface area contributed by atoms with Crippen LogP contribution in [0.1, 0.15) is 0 Å². The van der Waals surface area contributed by atoms with E-state index in [-0.39, 0.29) is 0 Å². The molecule has 0 saturated heterocycles. The lowest BCUT2D eigenvalue weighted by Crippen LogP contribution is -2.01. The van der Waals surface area contributed by atoms with E-state index in [1.54, 1.807) is 0 Å². The molecule has 0 aliphatic heterocycles. The molecule has 224 valence electrons. The number of hydrogen-bond acceptors (Lipinski definition) is 4. The predicted molar refractivity (Wildman–Crippen MR) is 194 cm³/mol. The van der Waals surface area contributed by atoms with Crippen LogP contribution in [-0.4, -0.2) is 28.9 Å². The van der Waals surface area contributed by atoms with Crippen molar-refractivity contribution in [2.45, 2.75) is 0 Å². The minimum atomic E-state index is 0.623. The Morgan fingerprint density at radius 3 is 1.62 bits per heavy atom. The minimum absolute atomic E-state index is 0.623. The molecule has 10 aromatic rings. The van der Waals surface area contributed by atoms with Crippen molar-refractivity contribution in [1.29, 1.82) is 0 Å². The van der Waals surface area contributed by atoms with Crippen molar-refractivity contribution in [2.24, 2.45) is 0 Å². The molecule has 0 atom stereocenters. The monoisotopic (exact) mass is 614 g/mol. The standard InChI is InChI=1S/C42H26N6/c1-3-14-27(15-4-1)39-44-40(28-16-5-2-6-17-28)46-41(45-39)29-18-13-19-30(26-29)47-35-24-11-9-22-33(35)38-37(47)31-20-7-8-21-32(31)42-43-34-23-10-12-25-36(34)48(38)42/h1-26H. The highest BCUT2D eigenvalue weighted by Crippen LogP contribution is 2.40. The van der Waals surface area contributed by atoms with Gasteiger partial charge in [-0.25, -0.2) is 19.9 Å². The number of rotatable bonds is 4. The van der Waals surface area contributed by atoms with Gasteiger partial charge < -0.3 is 4.57 Å². The van der Waals surface area contributed by atoms with Crippen molar-refractivity contribution in [3.8, 4) is 39.9 Å². The Kier molecular flexibility index (Phi) is 5.77. The summed E-state index contributed by atoms with van der Waals surface area (Å²) >= 11 is 0. The molecule has 0 amide bonds. The van der Waals surface area contributed by atoms with Gasteiger partial charge in [0.15, 0.2) is 17.5 Å². The van der Waals surface area contributed by atoms with Crippen LogP contribution < -0.4 is 0 Å². The van der Waals surface area contributed by atoms with Gasteiger partial charge in [-0.05, 0) is 30.3 Å². The lowest BCUT2D eigenvalue weighted by atomic mass is 10.1. The van der Waals surface area contributed by atoms with E-state index in [4.69, 9.17) is 19.9 Å². The Balaban J connectivity index is 1.27. The lowest BCUT2D eigenvalue weighted by molar-refractivity contribution is 1.07. The smallest absolute Gasteiger partial charge is 0.164 e. The van der Waals surface area contributed by atoms with E-state index in [1.807, 2.05) is 60.7 Å².